The number of nitrogens with zero attached hydrogens (tertiary/aromatic N) is 2. The zero-order chi connectivity index (χ0) is 23.6. The quantitative estimate of drug-likeness (QED) is 0.551. The van der Waals surface area contributed by atoms with E-state index in [1.54, 1.807) is 18.5 Å². The minimum absolute atomic E-state index is 0.0245. The third-order valence-electron chi connectivity index (χ3n) is 5.78. The Morgan fingerprint density at radius 2 is 2.00 bits per heavy atom. The van der Waals surface area contributed by atoms with Gasteiger partial charge in [0.15, 0.2) is 0 Å². The summed E-state index contributed by atoms with van der Waals surface area (Å²) in [6.07, 6.45) is 5.00. The number of sulfonamides is 1. The molecule has 4 rings (SSSR count). The normalized spacial score (nSPS) is 18.2. The molecule has 1 atom stereocenters. The van der Waals surface area contributed by atoms with Gasteiger partial charge < -0.3 is 14.6 Å². The molecule has 2 aromatic carbocycles. The van der Waals surface area contributed by atoms with Gasteiger partial charge in [0.1, 0.15) is 0 Å². The number of fused-ring (bicyclic) bond motifs is 1. The van der Waals surface area contributed by atoms with E-state index in [2.05, 4.69) is 27.2 Å². The average Bonchev–Trinajstić information content (AvgIpc) is 3.13. The fourth-order valence-electron chi connectivity index (χ4n) is 4.34. The van der Waals surface area contributed by atoms with Crippen molar-refractivity contribution in [1.82, 2.24) is 14.9 Å². The van der Waals surface area contributed by atoms with Crippen molar-refractivity contribution in [3.8, 4) is 0 Å². The molecule has 0 spiro atoms. The fraction of sp³-hybridized carbons (Fsp3) is 0.417. The molecule has 176 valence electrons. The van der Waals surface area contributed by atoms with Crippen LogP contribution in [0.4, 0.5) is 5.69 Å². The molecule has 9 heteroatoms. The first-order valence-corrected chi connectivity index (χ1v) is 12.9. The van der Waals surface area contributed by atoms with Crippen LogP contribution in [-0.4, -0.2) is 48.4 Å². The second kappa shape index (κ2) is 9.15. The predicted molar refractivity (Wildman–Crippen MR) is 129 cm³/mol. The molecule has 0 radical (unpaired) electrons. The van der Waals surface area contributed by atoms with Crippen molar-refractivity contribution in [2.45, 2.75) is 51.3 Å². The Balaban J connectivity index is 1.67. The van der Waals surface area contributed by atoms with E-state index in [-0.39, 0.29) is 17.6 Å². The first kappa shape index (κ1) is 23.3. The van der Waals surface area contributed by atoms with E-state index in [1.807, 2.05) is 36.6 Å². The number of amides is 1. The SMILES string of the molecule is CC1(C)C[C@H](NC(=O)c2cc(NS(C)(=O)=O)cc3ncn(CCc4ccccc4)c23)CCO1. The monoisotopic (exact) mass is 470 g/mol. The van der Waals surface area contributed by atoms with Crippen LogP contribution in [-0.2, 0) is 27.7 Å². The topological polar surface area (TPSA) is 102 Å². The number of imidazole rings is 1. The van der Waals surface area contributed by atoms with Gasteiger partial charge >= 0.3 is 0 Å². The smallest absolute Gasteiger partial charge is 0.253 e. The molecule has 3 aromatic rings. The number of ether oxygens (including phenoxy) is 1. The number of hydrogen-bond acceptors (Lipinski definition) is 5. The summed E-state index contributed by atoms with van der Waals surface area (Å²) in [6, 6.07) is 13.3. The molecule has 1 fully saturated rings. The summed E-state index contributed by atoms with van der Waals surface area (Å²) in [7, 11) is -3.50. The number of carbonyl (C=O) groups is 1. The van der Waals surface area contributed by atoms with Crippen LogP contribution in [0.2, 0.25) is 0 Å². The highest BCUT2D eigenvalue weighted by molar-refractivity contribution is 7.92. The summed E-state index contributed by atoms with van der Waals surface area (Å²) in [5.41, 5.74) is 2.85. The summed E-state index contributed by atoms with van der Waals surface area (Å²) in [5.74, 6) is -0.249. The molecule has 2 N–H and O–H groups in total. The van der Waals surface area contributed by atoms with E-state index < -0.39 is 10.0 Å². The second-order valence-corrected chi connectivity index (χ2v) is 11.0. The molecule has 0 aliphatic carbocycles. The third kappa shape index (κ3) is 5.91. The van der Waals surface area contributed by atoms with Gasteiger partial charge in [0, 0.05) is 19.2 Å². The number of benzene rings is 2. The van der Waals surface area contributed by atoms with E-state index in [0.717, 1.165) is 19.1 Å². The first-order chi connectivity index (χ1) is 15.6. The van der Waals surface area contributed by atoms with Gasteiger partial charge in [0.2, 0.25) is 10.0 Å². The Morgan fingerprint density at radius 1 is 1.24 bits per heavy atom. The van der Waals surface area contributed by atoms with Gasteiger partial charge in [-0.1, -0.05) is 30.3 Å². The van der Waals surface area contributed by atoms with Crippen LogP contribution in [0.5, 0.6) is 0 Å². The van der Waals surface area contributed by atoms with Crippen LogP contribution in [0.3, 0.4) is 0 Å². The summed E-state index contributed by atoms with van der Waals surface area (Å²) < 4.78 is 33.8. The van der Waals surface area contributed by atoms with Crippen LogP contribution in [0.1, 0.15) is 42.6 Å². The Kier molecular flexibility index (Phi) is 6.45. The van der Waals surface area contributed by atoms with Crippen LogP contribution < -0.4 is 10.0 Å². The molecular formula is C24H30N4O4S. The Morgan fingerprint density at radius 3 is 2.70 bits per heavy atom. The maximum absolute atomic E-state index is 13.4. The van der Waals surface area contributed by atoms with Crippen LogP contribution in [0.25, 0.3) is 11.0 Å². The van der Waals surface area contributed by atoms with E-state index in [1.165, 1.54) is 5.56 Å². The average molecular weight is 471 g/mol. The van der Waals surface area contributed by atoms with E-state index in [4.69, 9.17) is 4.74 Å². The molecule has 0 bridgehead atoms. The van der Waals surface area contributed by atoms with Crippen molar-refractivity contribution < 1.29 is 17.9 Å². The van der Waals surface area contributed by atoms with Gasteiger partial charge in [-0.2, -0.15) is 0 Å². The van der Waals surface area contributed by atoms with Crippen molar-refractivity contribution in [3.05, 3.63) is 59.9 Å². The highest BCUT2D eigenvalue weighted by atomic mass is 32.2. The van der Waals surface area contributed by atoms with Gasteiger partial charge in [0.05, 0.1) is 40.5 Å². The van der Waals surface area contributed by atoms with E-state index in [9.17, 15) is 13.2 Å². The standard InChI is InChI=1S/C24H30N4O4S/c1-24(2)15-18(10-12-32-24)26-23(29)20-13-19(27-33(3,30)31)14-21-22(20)28(16-25-21)11-9-17-7-5-4-6-8-17/h4-8,13-14,16,18,27H,9-12,15H2,1-3H3,(H,26,29)/t18-/m1/s1. The number of aryl methyl sites for hydroxylation is 2. The lowest BCUT2D eigenvalue weighted by atomic mass is 9.93. The summed E-state index contributed by atoms with van der Waals surface area (Å²) in [4.78, 5) is 17.9. The molecule has 1 aromatic heterocycles. The lowest BCUT2D eigenvalue weighted by molar-refractivity contribution is -0.0615. The molecule has 33 heavy (non-hydrogen) atoms. The molecule has 2 heterocycles. The van der Waals surface area contributed by atoms with E-state index >= 15 is 0 Å². The van der Waals surface area contributed by atoms with Gasteiger partial charge in [0.25, 0.3) is 5.91 Å². The summed E-state index contributed by atoms with van der Waals surface area (Å²) in [5, 5.41) is 3.13. The number of nitrogens with one attached hydrogen (secondary N) is 2. The molecule has 1 aliphatic heterocycles. The maximum Gasteiger partial charge on any atom is 0.253 e. The van der Waals surface area contributed by atoms with Crippen LogP contribution in [0.15, 0.2) is 48.8 Å². The number of carbonyl (C=O) groups excluding carboxylic acids is 1. The lowest BCUT2D eigenvalue weighted by Crippen LogP contribution is -2.45. The Hall–Kier alpha value is -2.91. The van der Waals surface area contributed by atoms with Gasteiger partial charge in [-0.3, -0.25) is 9.52 Å². The second-order valence-electron chi connectivity index (χ2n) is 9.21. The van der Waals surface area contributed by atoms with Crippen LogP contribution in [0, 0.1) is 0 Å². The molecule has 0 unspecified atom stereocenters. The van der Waals surface area contributed by atoms with Gasteiger partial charge in [-0.25, -0.2) is 13.4 Å². The van der Waals surface area contributed by atoms with E-state index in [0.29, 0.717) is 41.9 Å². The van der Waals surface area contributed by atoms with Crippen LogP contribution >= 0.6 is 0 Å². The molecule has 8 nitrogen and oxygen atoms in total. The Bertz CT molecular complexity index is 1250. The predicted octanol–water partition coefficient (Wildman–Crippen LogP) is 3.34. The molecule has 0 saturated carbocycles. The number of rotatable bonds is 7. The van der Waals surface area contributed by atoms with Crippen molar-refractivity contribution in [1.29, 1.82) is 0 Å². The molecule has 1 aliphatic rings. The highest BCUT2D eigenvalue weighted by Gasteiger charge is 2.30. The van der Waals surface area contributed by atoms with Crippen molar-refractivity contribution in [3.63, 3.8) is 0 Å². The van der Waals surface area contributed by atoms with Gasteiger partial charge in [-0.15, -0.1) is 0 Å². The molecule has 1 saturated heterocycles. The zero-order valence-electron chi connectivity index (χ0n) is 19.2. The first-order valence-electron chi connectivity index (χ1n) is 11.1. The number of anilines is 1. The highest BCUT2D eigenvalue weighted by Crippen LogP contribution is 2.27. The maximum atomic E-state index is 13.4. The third-order valence-corrected chi connectivity index (χ3v) is 6.38. The van der Waals surface area contributed by atoms with Gasteiger partial charge in [-0.05, 0) is 50.8 Å². The van der Waals surface area contributed by atoms with Crippen molar-refractivity contribution in [2.24, 2.45) is 0 Å². The number of hydrogen-bond donors (Lipinski definition) is 2. The Labute approximate surface area is 194 Å². The fourth-order valence-corrected chi connectivity index (χ4v) is 4.88. The minimum Gasteiger partial charge on any atom is -0.375 e. The lowest BCUT2D eigenvalue weighted by Gasteiger charge is -2.35. The van der Waals surface area contributed by atoms with Crippen molar-refractivity contribution >= 4 is 32.7 Å². The molecular weight excluding hydrogens is 440 g/mol. The largest absolute Gasteiger partial charge is 0.375 e. The van der Waals surface area contributed by atoms with Crippen molar-refractivity contribution in [2.75, 3.05) is 17.6 Å². The number of aromatic nitrogens is 2. The molecule has 1 amide bonds. The summed E-state index contributed by atoms with van der Waals surface area (Å²) >= 11 is 0. The zero-order valence-corrected chi connectivity index (χ0v) is 20.0. The minimum atomic E-state index is -3.50. The summed E-state index contributed by atoms with van der Waals surface area (Å²) in [6.45, 7) is 5.25.